The molecule has 5 aromatic rings. The highest BCUT2D eigenvalue weighted by Gasteiger charge is 2.19. The minimum absolute atomic E-state index is 0.0211. The maximum Gasteiger partial charge on any atom is 0.225 e. The lowest BCUT2D eigenvalue weighted by atomic mass is 10.2. The maximum absolute atomic E-state index is 6.16. The molecule has 194 valence electrons. The van der Waals surface area contributed by atoms with Gasteiger partial charge < -0.3 is 29.0 Å². The molecule has 11 heteroatoms. The minimum atomic E-state index is -0.0211. The Hall–Kier alpha value is -4.35. The molecule has 3 aromatic heterocycles. The lowest BCUT2D eigenvalue weighted by molar-refractivity contribution is -0.0837. The Morgan fingerprint density at radius 2 is 2.00 bits per heavy atom. The smallest absolute Gasteiger partial charge is 0.225 e. The quantitative estimate of drug-likeness (QED) is 0.343. The van der Waals surface area contributed by atoms with E-state index < -0.39 is 0 Å². The van der Waals surface area contributed by atoms with Gasteiger partial charge in [0.15, 0.2) is 5.82 Å². The maximum atomic E-state index is 6.16. The van der Waals surface area contributed by atoms with E-state index in [0.29, 0.717) is 49.2 Å². The van der Waals surface area contributed by atoms with Gasteiger partial charge in [0.2, 0.25) is 5.95 Å². The molecule has 6 rings (SSSR count). The van der Waals surface area contributed by atoms with Crippen molar-refractivity contribution in [3.63, 3.8) is 0 Å². The second kappa shape index (κ2) is 10.2. The number of benzene rings is 2. The molecule has 0 saturated carbocycles. The highest BCUT2D eigenvalue weighted by molar-refractivity contribution is 5.87. The number of rotatable bonds is 7. The zero-order valence-electron chi connectivity index (χ0n) is 21.5. The lowest BCUT2D eigenvalue weighted by Crippen LogP contribution is -2.39. The predicted octanol–water partition coefficient (Wildman–Crippen LogP) is 4.00. The van der Waals surface area contributed by atoms with Crippen molar-refractivity contribution >= 4 is 39.5 Å². The number of nitrogens with one attached hydrogen (secondary N) is 1. The summed E-state index contributed by atoms with van der Waals surface area (Å²) in [6.07, 6.45) is 4.98. The first kappa shape index (κ1) is 24.0. The second-order valence-corrected chi connectivity index (χ2v) is 9.29. The molecule has 1 aliphatic heterocycles. The summed E-state index contributed by atoms with van der Waals surface area (Å²) in [5.41, 5.74) is 5.06. The molecule has 0 amide bonds. The van der Waals surface area contributed by atoms with Crippen LogP contribution in [0.3, 0.4) is 0 Å². The molecule has 1 fully saturated rings. The van der Waals surface area contributed by atoms with Gasteiger partial charge in [-0.15, -0.1) is 0 Å². The summed E-state index contributed by atoms with van der Waals surface area (Å²) in [5.74, 6) is 2.66. The van der Waals surface area contributed by atoms with E-state index in [9.17, 15) is 0 Å². The van der Waals surface area contributed by atoms with Crippen LogP contribution in [0.2, 0.25) is 0 Å². The Bertz CT molecular complexity index is 1600. The van der Waals surface area contributed by atoms with Crippen molar-refractivity contribution < 1.29 is 14.2 Å². The molecular formula is C27H28N8O3. The number of ether oxygens (including phenoxy) is 3. The summed E-state index contributed by atoms with van der Waals surface area (Å²) in [6.45, 7) is 4.42. The molecule has 0 aliphatic carbocycles. The number of aryl methyl sites for hydroxylation is 2. The zero-order chi connectivity index (χ0) is 26.1. The number of anilines is 3. The van der Waals surface area contributed by atoms with Crippen LogP contribution in [-0.4, -0.2) is 69.0 Å². The van der Waals surface area contributed by atoms with Crippen molar-refractivity contribution in [3.8, 4) is 11.5 Å². The van der Waals surface area contributed by atoms with Crippen molar-refractivity contribution in [2.24, 2.45) is 7.05 Å². The molecular weight excluding hydrogens is 484 g/mol. The third-order valence-electron chi connectivity index (χ3n) is 6.43. The van der Waals surface area contributed by atoms with E-state index in [1.165, 1.54) is 6.33 Å². The molecule has 4 heterocycles. The number of imidazole rings is 1. The monoisotopic (exact) mass is 512 g/mol. The number of nitrogens with zero attached hydrogens (tertiary/aromatic N) is 7. The predicted molar refractivity (Wildman–Crippen MR) is 144 cm³/mol. The van der Waals surface area contributed by atoms with Gasteiger partial charge in [-0.2, -0.15) is 0 Å². The lowest BCUT2D eigenvalue weighted by Gasteiger charge is -2.27. The average molecular weight is 513 g/mol. The van der Waals surface area contributed by atoms with Gasteiger partial charge in [0, 0.05) is 32.4 Å². The van der Waals surface area contributed by atoms with E-state index in [-0.39, 0.29) is 6.10 Å². The van der Waals surface area contributed by atoms with Gasteiger partial charge in [0.25, 0.3) is 0 Å². The average Bonchev–Trinajstić information content (AvgIpc) is 3.30. The number of hydrogen-bond acceptors (Lipinski definition) is 10. The van der Waals surface area contributed by atoms with E-state index in [1.807, 2.05) is 66.9 Å². The Morgan fingerprint density at radius 1 is 1.08 bits per heavy atom. The van der Waals surface area contributed by atoms with Crippen LogP contribution in [0, 0.1) is 6.92 Å². The van der Waals surface area contributed by atoms with Crippen LogP contribution in [0.25, 0.3) is 22.1 Å². The van der Waals surface area contributed by atoms with Crippen LogP contribution < -0.4 is 15.0 Å². The summed E-state index contributed by atoms with van der Waals surface area (Å²) >= 11 is 0. The van der Waals surface area contributed by atoms with Crippen molar-refractivity contribution in [1.29, 1.82) is 0 Å². The van der Waals surface area contributed by atoms with Crippen LogP contribution in [0.4, 0.5) is 17.5 Å². The number of aromatic nitrogens is 6. The molecule has 0 spiro atoms. The van der Waals surface area contributed by atoms with Gasteiger partial charge in [-0.25, -0.2) is 24.9 Å². The van der Waals surface area contributed by atoms with E-state index in [0.717, 1.165) is 33.8 Å². The van der Waals surface area contributed by atoms with Crippen molar-refractivity contribution in [2.75, 3.05) is 43.6 Å². The third kappa shape index (κ3) is 4.93. The molecule has 0 bridgehead atoms. The molecule has 38 heavy (non-hydrogen) atoms. The Kier molecular flexibility index (Phi) is 6.44. The summed E-state index contributed by atoms with van der Waals surface area (Å²) in [5, 5.41) is 3.38. The first-order chi connectivity index (χ1) is 18.5. The SMILES string of the molecule is Cc1cc(Nc2ncnc3cnc(N(C)CC4COCCO4)nc23)ccc1Oc1ccc2c(c1)ncn2C. The molecule has 0 radical (unpaired) electrons. The molecule has 11 nitrogen and oxygen atoms in total. The highest BCUT2D eigenvalue weighted by atomic mass is 16.6. The second-order valence-electron chi connectivity index (χ2n) is 9.29. The molecule has 1 atom stereocenters. The van der Waals surface area contributed by atoms with Crippen LogP contribution in [0.5, 0.6) is 11.5 Å². The van der Waals surface area contributed by atoms with E-state index in [2.05, 4.69) is 25.3 Å². The normalized spacial score (nSPS) is 15.6. The van der Waals surface area contributed by atoms with Gasteiger partial charge in [0.1, 0.15) is 28.9 Å². The summed E-state index contributed by atoms with van der Waals surface area (Å²) in [7, 11) is 3.91. The Balaban J connectivity index is 1.21. The Labute approximate surface area is 219 Å². The van der Waals surface area contributed by atoms with Crippen molar-refractivity contribution in [2.45, 2.75) is 13.0 Å². The number of likely N-dealkylation sites (N-methyl/N-ethyl adjacent to an activating group) is 1. The van der Waals surface area contributed by atoms with Crippen LogP contribution in [0.1, 0.15) is 5.56 Å². The first-order valence-electron chi connectivity index (χ1n) is 12.4. The number of fused-ring (bicyclic) bond motifs is 2. The van der Waals surface area contributed by atoms with Crippen molar-refractivity contribution in [1.82, 2.24) is 29.5 Å². The van der Waals surface area contributed by atoms with Gasteiger partial charge in [-0.05, 0) is 42.8 Å². The molecule has 2 aromatic carbocycles. The highest BCUT2D eigenvalue weighted by Crippen LogP contribution is 2.31. The molecule has 1 saturated heterocycles. The van der Waals surface area contributed by atoms with Crippen molar-refractivity contribution in [3.05, 3.63) is 60.8 Å². The van der Waals surface area contributed by atoms with Gasteiger partial charge in [-0.3, -0.25) is 0 Å². The van der Waals surface area contributed by atoms with Gasteiger partial charge in [0.05, 0.1) is 49.5 Å². The Morgan fingerprint density at radius 3 is 2.84 bits per heavy atom. The fraction of sp³-hybridized carbons (Fsp3) is 0.296. The first-order valence-corrected chi connectivity index (χ1v) is 12.4. The summed E-state index contributed by atoms with van der Waals surface area (Å²) in [4.78, 5) is 24.4. The molecule has 1 aliphatic rings. The summed E-state index contributed by atoms with van der Waals surface area (Å²) in [6, 6.07) is 11.8. The molecule has 1 unspecified atom stereocenters. The fourth-order valence-electron chi connectivity index (χ4n) is 4.43. The number of hydrogen-bond donors (Lipinski definition) is 1. The van der Waals surface area contributed by atoms with Crippen LogP contribution >= 0.6 is 0 Å². The van der Waals surface area contributed by atoms with Gasteiger partial charge >= 0.3 is 0 Å². The third-order valence-corrected chi connectivity index (χ3v) is 6.43. The largest absolute Gasteiger partial charge is 0.457 e. The van der Waals surface area contributed by atoms with E-state index >= 15 is 0 Å². The van der Waals surface area contributed by atoms with E-state index in [1.54, 1.807) is 12.5 Å². The standard InChI is InChI=1S/C27H28N8O3/c1-17-10-18(4-7-24(17)38-19-5-6-23-21(11-19)31-16-35(23)3)32-26-25-22(29-15-30-26)12-28-27(33-25)34(2)13-20-14-36-8-9-37-20/h4-7,10-12,15-16,20H,8-9,13-14H2,1-3H3,(H,29,30,32). The fourth-order valence-corrected chi connectivity index (χ4v) is 4.43. The zero-order valence-corrected chi connectivity index (χ0v) is 21.5. The summed E-state index contributed by atoms with van der Waals surface area (Å²) < 4.78 is 19.4. The molecule has 1 N–H and O–H groups in total. The van der Waals surface area contributed by atoms with Gasteiger partial charge in [-0.1, -0.05) is 0 Å². The van der Waals surface area contributed by atoms with Crippen LogP contribution in [0.15, 0.2) is 55.2 Å². The topological polar surface area (TPSA) is 112 Å². The minimum Gasteiger partial charge on any atom is -0.457 e. The van der Waals surface area contributed by atoms with Crippen LogP contribution in [-0.2, 0) is 16.5 Å². The van der Waals surface area contributed by atoms with E-state index in [4.69, 9.17) is 19.2 Å².